The zero-order chi connectivity index (χ0) is 16.6. The molecule has 0 bridgehead atoms. The molecule has 0 saturated carbocycles. The number of hydrogen-bond acceptors (Lipinski definition) is 4. The molecule has 0 aliphatic heterocycles. The maximum absolute atomic E-state index is 11.7. The van der Waals surface area contributed by atoms with E-state index in [1.807, 2.05) is 36.4 Å². The molecule has 6 heteroatoms. The molecule has 124 valence electrons. The number of carbonyl (C=O) groups is 1. The standard InChI is InChI=1S/C18H18N2O4/c21-18(19-10-12-22-14-5-2-1-3-6-14)20-13-15-8-9-17(24-15)16-7-4-11-23-16/h1-9,11H,10,12-13H2,(H2,19,20,21). The molecule has 24 heavy (non-hydrogen) atoms. The van der Waals surface area contributed by atoms with Gasteiger partial charge in [-0.2, -0.15) is 0 Å². The van der Waals surface area contributed by atoms with Gasteiger partial charge in [0.15, 0.2) is 11.5 Å². The third kappa shape index (κ3) is 4.42. The Morgan fingerprint density at radius 2 is 1.83 bits per heavy atom. The summed E-state index contributed by atoms with van der Waals surface area (Å²) in [7, 11) is 0. The van der Waals surface area contributed by atoms with Gasteiger partial charge >= 0.3 is 6.03 Å². The lowest BCUT2D eigenvalue weighted by Crippen LogP contribution is -2.37. The second kappa shape index (κ2) is 7.92. The smallest absolute Gasteiger partial charge is 0.315 e. The number of benzene rings is 1. The van der Waals surface area contributed by atoms with E-state index in [1.165, 1.54) is 0 Å². The lowest BCUT2D eigenvalue weighted by Gasteiger charge is -2.08. The molecule has 0 unspecified atom stereocenters. The molecule has 2 N–H and O–H groups in total. The van der Waals surface area contributed by atoms with Crippen molar-refractivity contribution in [3.05, 3.63) is 66.6 Å². The van der Waals surface area contributed by atoms with Crippen molar-refractivity contribution in [1.29, 1.82) is 0 Å². The summed E-state index contributed by atoms with van der Waals surface area (Å²) < 4.78 is 16.3. The molecule has 0 aliphatic carbocycles. The van der Waals surface area contributed by atoms with Gasteiger partial charge in [-0.25, -0.2) is 4.79 Å². The molecule has 2 aromatic heterocycles. The van der Waals surface area contributed by atoms with Crippen LogP contribution in [0.15, 0.2) is 69.7 Å². The first-order valence-electron chi connectivity index (χ1n) is 7.63. The highest BCUT2D eigenvalue weighted by molar-refractivity contribution is 5.73. The zero-order valence-electron chi connectivity index (χ0n) is 13.0. The number of carbonyl (C=O) groups excluding carboxylic acids is 1. The maximum Gasteiger partial charge on any atom is 0.315 e. The highest BCUT2D eigenvalue weighted by Gasteiger charge is 2.08. The average molecular weight is 326 g/mol. The van der Waals surface area contributed by atoms with Crippen molar-refractivity contribution < 1.29 is 18.4 Å². The van der Waals surface area contributed by atoms with E-state index in [0.29, 0.717) is 37.0 Å². The summed E-state index contributed by atoms with van der Waals surface area (Å²) in [6.07, 6.45) is 1.58. The second-order valence-electron chi connectivity index (χ2n) is 5.01. The van der Waals surface area contributed by atoms with Gasteiger partial charge in [0.2, 0.25) is 0 Å². The third-order valence-corrected chi connectivity index (χ3v) is 3.25. The van der Waals surface area contributed by atoms with E-state index in [2.05, 4.69) is 10.6 Å². The molecule has 0 fully saturated rings. The van der Waals surface area contributed by atoms with Crippen molar-refractivity contribution in [2.45, 2.75) is 6.54 Å². The predicted molar refractivity (Wildman–Crippen MR) is 88.6 cm³/mol. The first-order valence-corrected chi connectivity index (χ1v) is 7.63. The van der Waals surface area contributed by atoms with Gasteiger partial charge < -0.3 is 24.2 Å². The van der Waals surface area contributed by atoms with Crippen molar-refractivity contribution in [3.63, 3.8) is 0 Å². The van der Waals surface area contributed by atoms with Crippen LogP contribution in [0.1, 0.15) is 5.76 Å². The van der Waals surface area contributed by atoms with Gasteiger partial charge in [-0.15, -0.1) is 0 Å². The Hall–Kier alpha value is -3.15. The van der Waals surface area contributed by atoms with Crippen LogP contribution in [0.2, 0.25) is 0 Å². The van der Waals surface area contributed by atoms with E-state index < -0.39 is 0 Å². The largest absolute Gasteiger partial charge is 0.492 e. The van der Waals surface area contributed by atoms with Gasteiger partial charge in [-0.05, 0) is 36.4 Å². The number of rotatable bonds is 7. The summed E-state index contributed by atoms with van der Waals surface area (Å²) >= 11 is 0. The summed E-state index contributed by atoms with van der Waals surface area (Å²) in [6.45, 7) is 1.11. The van der Waals surface area contributed by atoms with Gasteiger partial charge in [0.25, 0.3) is 0 Å². The number of urea groups is 1. The monoisotopic (exact) mass is 326 g/mol. The Balaban J connectivity index is 1.35. The minimum atomic E-state index is -0.275. The SMILES string of the molecule is O=C(NCCOc1ccccc1)NCc1ccc(-c2ccco2)o1. The van der Waals surface area contributed by atoms with Gasteiger partial charge in [0.1, 0.15) is 18.1 Å². The molecule has 0 radical (unpaired) electrons. The van der Waals surface area contributed by atoms with Crippen LogP contribution in [0.3, 0.4) is 0 Å². The van der Waals surface area contributed by atoms with Crippen molar-refractivity contribution in [2.75, 3.05) is 13.2 Å². The molecule has 0 aliphatic rings. The first-order chi connectivity index (χ1) is 11.8. The maximum atomic E-state index is 11.7. The van der Waals surface area contributed by atoms with Crippen molar-refractivity contribution in [2.24, 2.45) is 0 Å². The van der Waals surface area contributed by atoms with Crippen molar-refractivity contribution in [1.82, 2.24) is 10.6 Å². The minimum absolute atomic E-state index is 0.275. The van der Waals surface area contributed by atoms with Crippen LogP contribution in [0, 0.1) is 0 Å². The minimum Gasteiger partial charge on any atom is -0.492 e. The molecule has 6 nitrogen and oxygen atoms in total. The molecule has 3 rings (SSSR count). The average Bonchev–Trinajstić information content (AvgIpc) is 3.29. The molecule has 0 saturated heterocycles. The summed E-state index contributed by atoms with van der Waals surface area (Å²) in [5.41, 5.74) is 0. The quantitative estimate of drug-likeness (QED) is 0.652. The van der Waals surface area contributed by atoms with Gasteiger partial charge in [-0.3, -0.25) is 0 Å². The Morgan fingerprint density at radius 1 is 0.958 bits per heavy atom. The van der Waals surface area contributed by atoms with Crippen LogP contribution < -0.4 is 15.4 Å². The van der Waals surface area contributed by atoms with Crippen LogP contribution in [0.25, 0.3) is 11.5 Å². The number of hydrogen-bond donors (Lipinski definition) is 2. The van der Waals surface area contributed by atoms with E-state index in [1.54, 1.807) is 24.5 Å². The van der Waals surface area contributed by atoms with E-state index in [4.69, 9.17) is 13.6 Å². The highest BCUT2D eigenvalue weighted by atomic mass is 16.5. The number of furan rings is 2. The molecule has 1 aromatic carbocycles. The number of amides is 2. The Labute approximate surface area is 139 Å². The fourth-order valence-corrected chi connectivity index (χ4v) is 2.10. The number of para-hydroxylation sites is 1. The topological polar surface area (TPSA) is 76.6 Å². The van der Waals surface area contributed by atoms with E-state index in [0.717, 1.165) is 5.75 Å². The lowest BCUT2D eigenvalue weighted by atomic mass is 10.3. The van der Waals surface area contributed by atoms with Gasteiger partial charge in [0, 0.05) is 0 Å². The Kier molecular flexibility index (Phi) is 5.19. The van der Waals surface area contributed by atoms with Crippen LogP contribution in [0.4, 0.5) is 4.79 Å². The van der Waals surface area contributed by atoms with E-state index >= 15 is 0 Å². The first kappa shape index (κ1) is 15.7. The zero-order valence-corrected chi connectivity index (χ0v) is 13.0. The molecule has 2 amide bonds. The molecule has 2 heterocycles. The molecular weight excluding hydrogens is 308 g/mol. The van der Waals surface area contributed by atoms with Crippen LogP contribution in [0.5, 0.6) is 5.75 Å². The van der Waals surface area contributed by atoms with Crippen molar-refractivity contribution >= 4 is 6.03 Å². The fraction of sp³-hybridized carbons (Fsp3) is 0.167. The summed E-state index contributed by atoms with van der Waals surface area (Å²) in [6, 6.07) is 16.4. The molecular formula is C18H18N2O4. The third-order valence-electron chi connectivity index (χ3n) is 3.25. The highest BCUT2D eigenvalue weighted by Crippen LogP contribution is 2.22. The van der Waals surface area contributed by atoms with Gasteiger partial charge in [0.05, 0.1) is 19.4 Å². The predicted octanol–water partition coefficient (Wildman–Crippen LogP) is 3.42. The fourth-order valence-electron chi connectivity index (χ4n) is 2.10. The summed E-state index contributed by atoms with van der Waals surface area (Å²) in [4.78, 5) is 11.7. The van der Waals surface area contributed by atoms with Crippen LogP contribution >= 0.6 is 0 Å². The van der Waals surface area contributed by atoms with Gasteiger partial charge in [-0.1, -0.05) is 18.2 Å². The Bertz CT molecular complexity index is 750. The van der Waals surface area contributed by atoms with Crippen LogP contribution in [-0.2, 0) is 6.54 Å². The normalized spacial score (nSPS) is 10.3. The molecule has 0 spiro atoms. The Morgan fingerprint density at radius 3 is 2.62 bits per heavy atom. The number of ether oxygens (including phenoxy) is 1. The van der Waals surface area contributed by atoms with E-state index in [-0.39, 0.29) is 6.03 Å². The lowest BCUT2D eigenvalue weighted by molar-refractivity contribution is 0.235. The summed E-state index contributed by atoms with van der Waals surface area (Å²) in [5, 5.41) is 5.45. The van der Waals surface area contributed by atoms with E-state index in [9.17, 15) is 4.79 Å². The van der Waals surface area contributed by atoms with Crippen molar-refractivity contribution in [3.8, 4) is 17.3 Å². The second-order valence-corrected chi connectivity index (χ2v) is 5.01. The molecule has 0 atom stereocenters. The molecule has 3 aromatic rings. The summed E-state index contributed by atoms with van der Waals surface area (Å²) in [5.74, 6) is 2.72. The number of nitrogens with one attached hydrogen (secondary N) is 2. The van der Waals surface area contributed by atoms with Crippen LogP contribution in [-0.4, -0.2) is 19.2 Å².